The zero-order valence-corrected chi connectivity index (χ0v) is 11.5. The van der Waals surface area contributed by atoms with Gasteiger partial charge in [0.2, 0.25) is 0 Å². The van der Waals surface area contributed by atoms with Crippen molar-refractivity contribution < 1.29 is 14.7 Å². The molecular weight excluding hydrogens is 270 g/mol. The Morgan fingerprint density at radius 1 is 1.14 bits per heavy atom. The van der Waals surface area contributed by atoms with Crippen molar-refractivity contribution in [1.82, 2.24) is 10.3 Å². The van der Waals surface area contributed by atoms with E-state index in [4.69, 9.17) is 5.11 Å². The Kier molecular flexibility index (Phi) is 4.50. The summed E-state index contributed by atoms with van der Waals surface area (Å²) >= 11 is 0. The second-order valence-corrected chi connectivity index (χ2v) is 4.50. The van der Waals surface area contributed by atoms with E-state index >= 15 is 0 Å². The summed E-state index contributed by atoms with van der Waals surface area (Å²) in [6.45, 7) is 2.22. The summed E-state index contributed by atoms with van der Waals surface area (Å²) in [6, 6.07) is 10.3. The number of pyridine rings is 1. The van der Waals surface area contributed by atoms with Gasteiger partial charge in [0, 0.05) is 24.1 Å². The Bertz CT molecular complexity index is 636. The molecule has 0 aliphatic heterocycles. The van der Waals surface area contributed by atoms with Crippen LogP contribution in [-0.4, -0.2) is 22.1 Å². The fourth-order valence-corrected chi connectivity index (χ4v) is 1.72. The third-order valence-corrected chi connectivity index (χ3v) is 2.83. The zero-order valence-electron chi connectivity index (χ0n) is 11.5. The van der Waals surface area contributed by atoms with Crippen LogP contribution in [0.4, 0.5) is 10.5 Å². The monoisotopic (exact) mass is 285 g/mol. The molecule has 1 heterocycles. The number of carbonyl (C=O) groups is 2. The van der Waals surface area contributed by atoms with Crippen molar-refractivity contribution in [1.29, 1.82) is 0 Å². The van der Waals surface area contributed by atoms with Crippen molar-refractivity contribution in [2.45, 2.75) is 13.5 Å². The first-order valence-electron chi connectivity index (χ1n) is 6.34. The average molecular weight is 285 g/mol. The summed E-state index contributed by atoms with van der Waals surface area (Å²) in [5, 5.41) is 13.6. The minimum absolute atomic E-state index is 0.199. The Morgan fingerprint density at radius 2 is 1.86 bits per heavy atom. The summed E-state index contributed by atoms with van der Waals surface area (Å²) in [4.78, 5) is 26.4. The number of hydrogen-bond donors (Lipinski definition) is 3. The standard InChI is InChI=1S/C15H15N3O3/c1-10-2-5-12(9-16-10)14(19)17-8-11-3-6-13(7-4-11)18-15(20)21/h2-7,9,18H,8H2,1H3,(H,17,19)(H,20,21). The van der Waals surface area contributed by atoms with Gasteiger partial charge in [-0.25, -0.2) is 4.79 Å². The highest BCUT2D eigenvalue weighted by molar-refractivity contribution is 5.93. The molecule has 0 saturated heterocycles. The van der Waals surface area contributed by atoms with E-state index in [2.05, 4.69) is 15.6 Å². The molecular formula is C15H15N3O3. The second-order valence-electron chi connectivity index (χ2n) is 4.50. The SMILES string of the molecule is Cc1ccc(C(=O)NCc2ccc(NC(=O)O)cc2)cn1. The summed E-state index contributed by atoms with van der Waals surface area (Å²) in [5.41, 5.74) is 2.72. The molecule has 108 valence electrons. The minimum atomic E-state index is -1.11. The lowest BCUT2D eigenvalue weighted by Crippen LogP contribution is -2.22. The molecule has 0 aliphatic rings. The molecule has 2 amide bonds. The van der Waals surface area contributed by atoms with Gasteiger partial charge in [-0.1, -0.05) is 12.1 Å². The second kappa shape index (κ2) is 6.51. The molecule has 0 atom stereocenters. The van der Waals surface area contributed by atoms with Crippen LogP contribution in [0.25, 0.3) is 0 Å². The van der Waals surface area contributed by atoms with Gasteiger partial charge in [0.25, 0.3) is 5.91 Å². The van der Waals surface area contributed by atoms with Crippen molar-refractivity contribution in [2.75, 3.05) is 5.32 Å². The van der Waals surface area contributed by atoms with Crippen molar-refractivity contribution in [2.24, 2.45) is 0 Å². The average Bonchev–Trinajstić information content (AvgIpc) is 2.46. The molecule has 0 unspecified atom stereocenters. The highest BCUT2D eigenvalue weighted by atomic mass is 16.4. The Hall–Kier alpha value is -2.89. The molecule has 1 aromatic carbocycles. The minimum Gasteiger partial charge on any atom is -0.465 e. The quantitative estimate of drug-likeness (QED) is 0.804. The molecule has 21 heavy (non-hydrogen) atoms. The molecule has 6 nitrogen and oxygen atoms in total. The van der Waals surface area contributed by atoms with Gasteiger partial charge in [0.15, 0.2) is 0 Å². The van der Waals surface area contributed by atoms with Crippen LogP contribution in [0.5, 0.6) is 0 Å². The lowest BCUT2D eigenvalue weighted by molar-refractivity contribution is 0.0950. The third-order valence-electron chi connectivity index (χ3n) is 2.83. The van der Waals surface area contributed by atoms with Gasteiger partial charge in [0.1, 0.15) is 0 Å². The zero-order chi connectivity index (χ0) is 15.2. The van der Waals surface area contributed by atoms with Crippen molar-refractivity contribution in [3.8, 4) is 0 Å². The fourth-order valence-electron chi connectivity index (χ4n) is 1.72. The third kappa shape index (κ3) is 4.31. The maximum Gasteiger partial charge on any atom is 0.409 e. The number of amides is 2. The van der Waals surface area contributed by atoms with Crippen LogP contribution in [0.15, 0.2) is 42.6 Å². The highest BCUT2D eigenvalue weighted by Crippen LogP contribution is 2.09. The number of anilines is 1. The van der Waals surface area contributed by atoms with E-state index in [9.17, 15) is 9.59 Å². The molecule has 0 fully saturated rings. The summed E-state index contributed by atoms with van der Waals surface area (Å²) in [6.07, 6.45) is 0.424. The Labute approximate surface area is 121 Å². The predicted octanol–water partition coefficient (Wildman–Crippen LogP) is 2.41. The van der Waals surface area contributed by atoms with E-state index in [1.54, 1.807) is 36.4 Å². The molecule has 0 radical (unpaired) electrons. The van der Waals surface area contributed by atoms with Gasteiger partial charge < -0.3 is 10.4 Å². The first-order chi connectivity index (χ1) is 10.0. The van der Waals surface area contributed by atoms with E-state index in [1.807, 2.05) is 6.92 Å². The number of aromatic nitrogens is 1. The molecule has 1 aromatic heterocycles. The van der Waals surface area contributed by atoms with Gasteiger partial charge in [0.05, 0.1) is 5.56 Å². The van der Waals surface area contributed by atoms with E-state index in [0.29, 0.717) is 17.8 Å². The number of hydrogen-bond acceptors (Lipinski definition) is 3. The fraction of sp³-hybridized carbons (Fsp3) is 0.133. The Morgan fingerprint density at radius 3 is 2.43 bits per heavy atom. The van der Waals surface area contributed by atoms with E-state index in [0.717, 1.165) is 11.3 Å². The van der Waals surface area contributed by atoms with Gasteiger partial charge in [-0.05, 0) is 36.8 Å². The molecule has 0 saturated carbocycles. The molecule has 2 aromatic rings. The molecule has 6 heteroatoms. The highest BCUT2D eigenvalue weighted by Gasteiger charge is 2.05. The largest absolute Gasteiger partial charge is 0.465 e. The van der Waals surface area contributed by atoms with Crippen LogP contribution >= 0.6 is 0 Å². The molecule has 0 aliphatic carbocycles. The van der Waals surface area contributed by atoms with E-state index < -0.39 is 6.09 Å². The van der Waals surface area contributed by atoms with Crippen LogP contribution in [0, 0.1) is 6.92 Å². The number of carboxylic acid groups (broad SMARTS) is 1. The maximum atomic E-state index is 11.9. The number of aryl methyl sites for hydroxylation is 1. The summed E-state index contributed by atoms with van der Waals surface area (Å²) in [5.74, 6) is -0.199. The molecule has 0 bridgehead atoms. The Balaban J connectivity index is 1.92. The lowest BCUT2D eigenvalue weighted by atomic mass is 10.2. The summed E-state index contributed by atoms with van der Waals surface area (Å²) < 4.78 is 0. The van der Waals surface area contributed by atoms with Gasteiger partial charge in [-0.3, -0.25) is 15.1 Å². The van der Waals surface area contributed by atoms with Crippen LogP contribution in [0.2, 0.25) is 0 Å². The molecule has 2 rings (SSSR count). The van der Waals surface area contributed by atoms with E-state index in [1.165, 1.54) is 6.20 Å². The number of nitrogens with zero attached hydrogens (tertiary/aromatic N) is 1. The van der Waals surface area contributed by atoms with Crippen molar-refractivity contribution >= 4 is 17.7 Å². The van der Waals surface area contributed by atoms with Crippen LogP contribution < -0.4 is 10.6 Å². The molecule has 3 N–H and O–H groups in total. The van der Waals surface area contributed by atoms with Crippen LogP contribution in [0.3, 0.4) is 0 Å². The number of rotatable bonds is 4. The van der Waals surface area contributed by atoms with Crippen molar-refractivity contribution in [3.05, 3.63) is 59.4 Å². The first-order valence-corrected chi connectivity index (χ1v) is 6.34. The predicted molar refractivity (Wildman–Crippen MR) is 78.2 cm³/mol. The van der Waals surface area contributed by atoms with Crippen molar-refractivity contribution in [3.63, 3.8) is 0 Å². The van der Waals surface area contributed by atoms with E-state index in [-0.39, 0.29) is 5.91 Å². The number of carbonyl (C=O) groups excluding carboxylic acids is 1. The molecule has 0 spiro atoms. The van der Waals surface area contributed by atoms with Gasteiger partial charge >= 0.3 is 6.09 Å². The number of benzene rings is 1. The van der Waals surface area contributed by atoms with Crippen LogP contribution in [-0.2, 0) is 6.54 Å². The van der Waals surface area contributed by atoms with Gasteiger partial charge in [-0.15, -0.1) is 0 Å². The normalized spacial score (nSPS) is 9.95. The topological polar surface area (TPSA) is 91.3 Å². The van der Waals surface area contributed by atoms with Gasteiger partial charge in [-0.2, -0.15) is 0 Å². The van der Waals surface area contributed by atoms with Crippen LogP contribution in [0.1, 0.15) is 21.6 Å². The maximum absolute atomic E-state index is 11.9. The first kappa shape index (κ1) is 14.5. The number of nitrogens with one attached hydrogen (secondary N) is 2. The smallest absolute Gasteiger partial charge is 0.409 e. The summed E-state index contributed by atoms with van der Waals surface area (Å²) in [7, 11) is 0. The lowest BCUT2D eigenvalue weighted by Gasteiger charge is -2.06.